The van der Waals surface area contributed by atoms with E-state index in [4.69, 9.17) is 40.5 Å². The van der Waals surface area contributed by atoms with Crippen molar-refractivity contribution in [3.63, 3.8) is 0 Å². The third-order valence-electron chi connectivity index (χ3n) is 3.48. The number of carbonyl (C=O) groups excluding carboxylic acids is 1. The monoisotopic (exact) mass is 422 g/mol. The van der Waals surface area contributed by atoms with E-state index < -0.39 is 5.91 Å². The van der Waals surface area contributed by atoms with Crippen LogP contribution in [-0.2, 0) is 0 Å². The third-order valence-corrected chi connectivity index (χ3v) is 4.37. The topological polar surface area (TPSA) is 105 Å². The van der Waals surface area contributed by atoms with Crippen molar-refractivity contribution in [3.05, 3.63) is 69.4 Å². The van der Waals surface area contributed by atoms with E-state index in [9.17, 15) is 4.79 Å². The average Bonchev–Trinajstić information content (AvgIpc) is 2.65. The lowest BCUT2D eigenvalue weighted by Crippen LogP contribution is -2.30. The van der Waals surface area contributed by atoms with Gasteiger partial charge >= 0.3 is 0 Å². The van der Waals surface area contributed by atoms with E-state index in [2.05, 4.69) is 26.1 Å². The fourth-order valence-corrected chi connectivity index (χ4v) is 2.70. The van der Waals surface area contributed by atoms with Gasteiger partial charge in [0.05, 0.1) is 21.3 Å². The first-order chi connectivity index (χ1) is 13.0. The predicted octanol–water partition coefficient (Wildman–Crippen LogP) is 4.52. The zero-order chi connectivity index (χ0) is 19.4. The number of nitrogens with one attached hydrogen (secondary N) is 3. The molecule has 5 N–H and O–H groups in total. The summed E-state index contributed by atoms with van der Waals surface area (Å²) in [6, 6.07) is 11.6. The Bertz CT molecular complexity index is 998. The predicted molar refractivity (Wildman–Crippen MR) is 109 cm³/mol. The van der Waals surface area contributed by atoms with Crippen LogP contribution in [0.3, 0.4) is 0 Å². The summed E-state index contributed by atoms with van der Waals surface area (Å²) in [5.74, 6) is 0.0562. The van der Waals surface area contributed by atoms with Gasteiger partial charge in [-0.3, -0.25) is 15.6 Å². The normalized spacial score (nSPS) is 10.3. The smallest absolute Gasteiger partial charge is 0.271 e. The molecule has 0 saturated carbocycles. The number of amides is 1. The molecule has 2 aromatic carbocycles. The zero-order valence-electron chi connectivity index (χ0n) is 13.6. The lowest BCUT2D eigenvalue weighted by atomic mass is 10.2. The Morgan fingerprint density at radius 2 is 1.70 bits per heavy atom. The Hall–Kier alpha value is -2.74. The molecule has 3 aromatic rings. The number of hydrogen-bond acceptors (Lipinski definition) is 6. The highest BCUT2D eigenvalue weighted by Crippen LogP contribution is 2.31. The molecule has 1 aromatic heterocycles. The van der Waals surface area contributed by atoms with Gasteiger partial charge in [0.25, 0.3) is 5.91 Å². The molecule has 7 nitrogen and oxygen atoms in total. The van der Waals surface area contributed by atoms with Crippen LogP contribution < -0.4 is 21.9 Å². The molecule has 27 heavy (non-hydrogen) atoms. The van der Waals surface area contributed by atoms with Crippen LogP contribution in [0.1, 0.15) is 10.4 Å². The maximum atomic E-state index is 12.2. The molecule has 0 unspecified atom stereocenters. The number of hydrazine groups is 1. The second kappa shape index (κ2) is 8.30. The molecule has 0 radical (unpaired) electrons. The first-order valence-electron chi connectivity index (χ1n) is 7.59. The number of halogens is 3. The maximum absolute atomic E-state index is 12.2. The van der Waals surface area contributed by atoms with Gasteiger partial charge in [0.2, 0.25) is 0 Å². The summed E-state index contributed by atoms with van der Waals surface area (Å²) in [6.45, 7) is 0. The summed E-state index contributed by atoms with van der Waals surface area (Å²) in [7, 11) is 0. The number of benzene rings is 2. The van der Waals surface area contributed by atoms with Crippen molar-refractivity contribution in [3.8, 4) is 0 Å². The van der Waals surface area contributed by atoms with Gasteiger partial charge in [0.15, 0.2) is 11.6 Å². The lowest BCUT2D eigenvalue weighted by Gasteiger charge is -2.14. The number of aromatic nitrogens is 2. The number of rotatable bonds is 5. The number of nitrogens with two attached hydrogens (primary N) is 1. The molecule has 0 bridgehead atoms. The van der Waals surface area contributed by atoms with Gasteiger partial charge in [0.1, 0.15) is 12.0 Å². The SMILES string of the molecule is Nc1c(NNC(=O)c2ccccc2Cl)ncnc1Nc1cc(Cl)ccc1Cl. The molecule has 0 saturated heterocycles. The molecule has 0 atom stereocenters. The summed E-state index contributed by atoms with van der Waals surface area (Å²) in [4.78, 5) is 20.3. The van der Waals surface area contributed by atoms with Crippen LogP contribution in [0.15, 0.2) is 48.8 Å². The highest BCUT2D eigenvalue weighted by Gasteiger charge is 2.13. The van der Waals surface area contributed by atoms with Crippen molar-refractivity contribution in [1.82, 2.24) is 15.4 Å². The summed E-state index contributed by atoms with van der Waals surface area (Å²) < 4.78 is 0. The standard InChI is InChI=1S/C17H13Cl3N6O/c18-9-5-6-12(20)13(7-9)24-15-14(21)16(23-8-22-15)25-26-17(27)10-3-1-2-4-11(10)19/h1-8H,21H2,(H,26,27)(H2,22,23,24,25). The van der Waals surface area contributed by atoms with E-state index in [-0.39, 0.29) is 11.5 Å². The lowest BCUT2D eigenvalue weighted by molar-refractivity contribution is 0.0962. The minimum Gasteiger partial charge on any atom is -0.393 e. The Morgan fingerprint density at radius 1 is 0.963 bits per heavy atom. The van der Waals surface area contributed by atoms with Gasteiger partial charge in [-0.25, -0.2) is 9.97 Å². The molecule has 0 aliphatic heterocycles. The third kappa shape index (κ3) is 4.51. The number of nitrogens with zero attached hydrogens (tertiary/aromatic N) is 2. The molecular formula is C17H13Cl3N6O. The molecular weight excluding hydrogens is 411 g/mol. The molecule has 138 valence electrons. The average molecular weight is 424 g/mol. The minimum atomic E-state index is -0.439. The van der Waals surface area contributed by atoms with Crippen molar-refractivity contribution >= 4 is 63.7 Å². The summed E-state index contributed by atoms with van der Waals surface area (Å²) in [5, 5.41) is 4.25. The van der Waals surface area contributed by atoms with Gasteiger partial charge < -0.3 is 11.1 Å². The Labute approximate surface area is 169 Å². The second-order valence-corrected chi connectivity index (χ2v) is 6.54. The van der Waals surface area contributed by atoms with E-state index in [1.165, 1.54) is 6.33 Å². The van der Waals surface area contributed by atoms with Crippen LogP contribution in [0.2, 0.25) is 15.1 Å². The Kier molecular flexibility index (Phi) is 5.85. The number of carbonyl (C=O) groups is 1. The molecule has 0 spiro atoms. The Morgan fingerprint density at radius 3 is 2.48 bits per heavy atom. The first kappa shape index (κ1) is 19.0. The van der Waals surface area contributed by atoms with Gasteiger partial charge in [0, 0.05) is 5.02 Å². The van der Waals surface area contributed by atoms with Crippen LogP contribution >= 0.6 is 34.8 Å². The second-order valence-electron chi connectivity index (χ2n) is 5.29. The zero-order valence-corrected chi connectivity index (χ0v) is 15.9. The van der Waals surface area contributed by atoms with Crippen LogP contribution in [0.5, 0.6) is 0 Å². The van der Waals surface area contributed by atoms with Crippen molar-refractivity contribution in [2.45, 2.75) is 0 Å². The van der Waals surface area contributed by atoms with Crippen LogP contribution in [-0.4, -0.2) is 15.9 Å². The fraction of sp³-hybridized carbons (Fsp3) is 0. The van der Waals surface area contributed by atoms with Gasteiger partial charge in [-0.1, -0.05) is 46.9 Å². The maximum Gasteiger partial charge on any atom is 0.271 e. The van der Waals surface area contributed by atoms with Crippen LogP contribution in [0, 0.1) is 0 Å². The highest BCUT2D eigenvalue weighted by molar-refractivity contribution is 6.35. The summed E-state index contributed by atoms with van der Waals surface area (Å²) >= 11 is 18.1. The minimum absolute atomic E-state index is 0.174. The van der Waals surface area contributed by atoms with E-state index in [0.29, 0.717) is 32.1 Å². The van der Waals surface area contributed by atoms with Crippen molar-refractivity contribution in [2.75, 3.05) is 16.5 Å². The number of nitrogen functional groups attached to an aromatic ring is 1. The quantitative estimate of drug-likeness (QED) is 0.450. The summed E-state index contributed by atoms with van der Waals surface area (Å²) in [6.07, 6.45) is 1.28. The van der Waals surface area contributed by atoms with E-state index in [1.54, 1.807) is 42.5 Å². The van der Waals surface area contributed by atoms with Gasteiger partial charge in [-0.15, -0.1) is 0 Å². The molecule has 0 aliphatic rings. The van der Waals surface area contributed by atoms with E-state index in [1.807, 2.05) is 0 Å². The summed E-state index contributed by atoms with van der Waals surface area (Å²) in [5.41, 5.74) is 12.2. The van der Waals surface area contributed by atoms with Crippen LogP contribution in [0.25, 0.3) is 0 Å². The number of anilines is 4. The number of hydrogen-bond donors (Lipinski definition) is 4. The first-order valence-corrected chi connectivity index (χ1v) is 8.72. The molecule has 3 rings (SSSR count). The van der Waals surface area contributed by atoms with Crippen molar-refractivity contribution < 1.29 is 4.79 Å². The van der Waals surface area contributed by atoms with Gasteiger partial charge in [-0.2, -0.15) is 0 Å². The largest absolute Gasteiger partial charge is 0.393 e. The molecule has 0 fully saturated rings. The molecule has 0 aliphatic carbocycles. The van der Waals surface area contributed by atoms with Crippen molar-refractivity contribution in [1.29, 1.82) is 0 Å². The molecule has 10 heteroatoms. The molecule has 1 amide bonds. The fourth-order valence-electron chi connectivity index (χ4n) is 2.14. The van der Waals surface area contributed by atoms with Crippen molar-refractivity contribution in [2.24, 2.45) is 0 Å². The van der Waals surface area contributed by atoms with E-state index >= 15 is 0 Å². The van der Waals surface area contributed by atoms with Crippen LogP contribution in [0.4, 0.5) is 23.0 Å². The van der Waals surface area contributed by atoms with E-state index in [0.717, 1.165) is 0 Å². The Balaban J connectivity index is 1.76. The van der Waals surface area contributed by atoms with Gasteiger partial charge in [-0.05, 0) is 30.3 Å². The highest BCUT2D eigenvalue weighted by atomic mass is 35.5. The molecule has 1 heterocycles.